The van der Waals surface area contributed by atoms with E-state index in [1.165, 1.54) is 14.1 Å². The Labute approximate surface area is 169 Å². The summed E-state index contributed by atoms with van der Waals surface area (Å²) in [7, 11) is -0.458. The predicted molar refractivity (Wildman–Crippen MR) is 111 cm³/mol. The lowest BCUT2D eigenvalue weighted by Crippen LogP contribution is -2.49. The van der Waals surface area contributed by atoms with E-state index in [9.17, 15) is 13.2 Å². The van der Waals surface area contributed by atoms with Crippen molar-refractivity contribution in [1.29, 1.82) is 0 Å². The molecule has 1 aromatic carbocycles. The molecule has 1 aromatic rings. The number of aryl methyl sites for hydroxylation is 1. The highest BCUT2D eigenvalue weighted by Crippen LogP contribution is 2.32. The molecule has 8 heteroatoms. The summed E-state index contributed by atoms with van der Waals surface area (Å²) in [6.07, 6.45) is 1.19. The van der Waals surface area contributed by atoms with Crippen molar-refractivity contribution in [1.82, 2.24) is 13.9 Å². The van der Waals surface area contributed by atoms with Crippen molar-refractivity contribution in [3.8, 4) is 5.75 Å². The topological polar surface area (TPSA) is 79.0 Å². The van der Waals surface area contributed by atoms with Gasteiger partial charge >= 0.3 is 0 Å². The first-order chi connectivity index (χ1) is 12.9. The second-order valence-corrected chi connectivity index (χ2v) is 10.5. The van der Waals surface area contributed by atoms with Gasteiger partial charge in [-0.1, -0.05) is 38.5 Å². The molecule has 1 amide bonds. The van der Waals surface area contributed by atoms with Gasteiger partial charge < -0.3 is 9.64 Å². The Morgan fingerprint density at radius 3 is 2.39 bits per heavy atom. The molecule has 1 aliphatic rings. The maximum Gasteiger partial charge on any atom is 0.279 e. The van der Waals surface area contributed by atoms with Crippen LogP contribution in [0.15, 0.2) is 18.2 Å². The zero-order valence-corrected chi connectivity index (χ0v) is 18.6. The van der Waals surface area contributed by atoms with Gasteiger partial charge in [-0.3, -0.25) is 4.79 Å². The van der Waals surface area contributed by atoms with Crippen LogP contribution in [0.4, 0.5) is 0 Å². The molecule has 0 bridgehead atoms. The molecule has 0 aliphatic carbocycles. The molecule has 1 saturated heterocycles. The average molecular weight is 412 g/mol. The molecule has 0 aromatic heterocycles. The SMILES string of the molecule is Cc1ccc(OCC(=O)N2CCC(NS(=O)(=O)N(C)C)CC2)c(C(C)(C)C)c1. The number of nitrogens with zero attached hydrogens (tertiary/aromatic N) is 2. The number of piperidine rings is 1. The van der Waals surface area contributed by atoms with E-state index in [1.807, 2.05) is 19.1 Å². The van der Waals surface area contributed by atoms with Gasteiger partial charge in [0, 0.05) is 33.2 Å². The van der Waals surface area contributed by atoms with Crippen molar-refractivity contribution < 1.29 is 17.9 Å². The van der Waals surface area contributed by atoms with E-state index in [0.29, 0.717) is 25.9 Å². The van der Waals surface area contributed by atoms with Crippen LogP contribution in [0.3, 0.4) is 0 Å². The van der Waals surface area contributed by atoms with Crippen molar-refractivity contribution in [2.75, 3.05) is 33.8 Å². The average Bonchev–Trinajstić information content (AvgIpc) is 2.59. The summed E-state index contributed by atoms with van der Waals surface area (Å²) >= 11 is 0. The van der Waals surface area contributed by atoms with E-state index < -0.39 is 10.2 Å². The molecule has 7 nitrogen and oxygen atoms in total. The number of carbonyl (C=O) groups excluding carboxylic acids is 1. The molecule has 1 aliphatic heterocycles. The van der Waals surface area contributed by atoms with Crippen molar-refractivity contribution in [2.24, 2.45) is 0 Å². The predicted octanol–water partition coefficient (Wildman–Crippen LogP) is 2.06. The first-order valence-electron chi connectivity index (χ1n) is 9.61. The highest BCUT2D eigenvalue weighted by Gasteiger charge is 2.27. The molecule has 0 spiro atoms. The summed E-state index contributed by atoms with van der Waals surface area (Å²) in [4.78, 5) is 14.3. The summed E-state index contributed by atoms with van der Waals surface area (Å²) < 4.78 is 33.5. The zero-order chi connectivity index (χ0) is 21.1. The maximum absolute atomic E-state index is 12.6. The molecule has 1 heterocycles. The third kappa shape index (κ3) is 5.93. The van der Waals surface area contributed by atoms with Crippen LogP contribution in [0.2, 0.25) is 0 Å². The van der Waals surface area contributed by atoms with Gasteiger partial charge in [-0.25, -0.2) is 0 Å². The monoisotopic (exact) mass is 411 g/mol. The Bertz CT molecular complexity index is 792. The third-order valence-corrected chi connectivity index (χ3v) is 6.53. The van der Waals surface area contributed by atoms with Crippen molar-refractivity contribution >= 4 is 16.1 Å². The first-order valence-corrected chi connectivity index (χ1v) is 11.1. The van der Waals surface area contributed by atoms with Gasteiger partial charge in [-0.05, 0) is 36.8 Å². The molecule has 28 heavy (non-hydrogen) atoms. The number of hydrogen-bond acceptors (Lipinski definition) is 4. The summed E-state index contributed by atoms with van der Waals surface area (Å²) in [5.74, 6) is 0.662. The minimum atomic E-state index is -3.45. The minimum Gasteiger partial charge on any atom is -0.483 e. The van der Waals surface area contributed by atoms with Crippen LogP contribution in [0.25, 0.3) is 0 Å². The largest absolute Gasteiger partial charge is 0.483 e. The van der Waals surface area contributed by atoms with E-state index in [-0.39, 0.29) is 24.0 Å². The van der Waals surface area contributed by atoms with Crippen molar-refractivity contribution in [2.45, 2.75) is 52.0 Å². The van der Waals surface area contributed by atoms with Gasteiger partial charge in [0.15, 0.2) is 6.61 Å². The maximum atomic E-state index is 12.6. The fourth-order valence-corrected chi connectivity index (χ4v) is 4.02. The van der Waals surface area contributed by atoms with Gasteiger partial charge in [0.25, 0.3) is 16.1 Å². The van der Waals surface area contributed by atoms with Gasteiger partial charge in [0.1, 0.15) is 5.75 Å². The fourth-order valence-electron chi connectivity index (χ4n) is 3.15. The van der Waals surface area contributed by atoms with Crippen LogP contribution in [0, 0.1) is 6.92 Å². The molecule has 0 atom stereocenters. The van der Waals surface area contributed by atoms with E-state index in [1.54, 1.807) is 4.90 Å². The lowest BCUT2D eigenvalue weighted by molar-refractivity contribution is -0.134. The summed E-state index contributed by atoms with van der Waals surface area (Å²) in [5.41, 5.74) is 2.16. The Hall–Kier alpha value is -1.64. The van der Waals surface area contributed by atoms with Crippen LogP contribution in [-0.2, 0) is 20.4 Å². The van der Waals surface area contributed by atoms with Crippen LogP contribution in [0.5, 0.6) is 5.75 Å². The number of amides is 1. The fraction of sp³-hybridized carbons (Fsp3) is 0.650. The normalized spacial score (nSPS) is 16.5. The Morgan fingerprint density at radius 2 is 1.86 bits per heavy atom. The Morgan fingerprint density at radius 1 is 1.25 bits per heavy atom. The molecular weight excluding hydrogens is 378 g/mol. The first kappa shape index (κ1) is 22.6. The van der Waals surface area contributed by atoms with Gasteiger partial charge in [0.2, 0.25) is 0 Å². The highest BCUT2D eigenvalue weighted by atomic mass is 32.2. The molecular formula is C20H33N3O4S. The molecule has 1 fully saturated rings. The summed E-state index contributed by atoms with van der Waals surface area (Å²) in [5, 5.41) is 0. The van der Waals surface area contributed by atoms with Crippen LogP contribution < -0.4 is 9.46 Å². The molecule has 158 valence electrons. The standard InChI is InChI=1S/C20H33N3O4S/c1-15-7-8-18(17(13-15)20(2,3)4)27-14-19(24)23-11-9-16(10-12-23)21-28(25,26)22(5)6/h7-8,13,16,21H,9-12,14H2,1-6H3. The van der Waals surface area contributed by atoms with Crippen LogP contribution in [0.1, 0.15) is 44.7 Å². The third-order valence-electron chi connectivity index (χ3n) is 4.94. The van der Waals surface area contributed by atoms with Crippen molar-refractivity contribution in [3.05, 3.63) is 29.3 Å². The molecule has 0 radical (unpaired) electrons. The van der Waals surface area contributed by atoms with E-state index >= 15 is 0 Å². The summed E-state index contributed by atoms with van der Waals surface area (Å²) in [6, 6.07) is 5.85. The quantitative estimate of drug-likeness (QED) is 0.777. The Balaban J connectivity index is 1.91. The number of rotatable bonds is 6. The molecule has 1 N–H and O–H groups in total. The van der Waals surface area contributed by atoms with Crippen LogP contribution in [-0.4, -0.2) is 63.4 Å². The van der Waals surface area contributed by atoms with E-state index in [4.69, 9.17) is 4.74 Å². The number of nitrogens with one attached hydrogen (secondary N) is 1. The van der Waals surface area contributed by atoms with Gasteiger partial charge in [0.05, 0.1) is 0 Å². The summed E-state index contributed by atoms with van der Waals surface area (Å²) in [6.45, 7) is 9.42. The number of likely N-dealkylation sites (tertiary alicyclic amines) is 1. The second kappa shape index (κ2) is 8.80. The Kier molecular flexibility index (Phi) is 7.12. The van der Waals surface area contributed by atoms with E-state index in [0.717, 1.165) is 21.2 Å². The highest BCUT2D eigenvalue weighted by molar-refractivity contribution is 7.87. The number of hydrogen-bond donors (Lipinski definition) is 1. The zero-order valence-electron chi connectivity index (χ0n) is 17.8. The molecule has 2 rings (SSSR count). The molecule has 0 saturated carbocycles. The lowest BCUT2D eigenvalue weighted by Gasteiger charge is -2.33. The lowest BCUT2D eigenvalue weighted by atomic mass is 9.85. The van der Waals surface area contributed by atoms with E-state index in [2.05, 4.69) is 31.6 Å². The second-order valence-electron chi connectivity index (χ2n) is 8.60. The number of carbonyl (C=O) groups is 1. The number of benzene rings is 1. The van der Waals surface area contributed by atoms with Gasteiger partial charge in [-0.2, -0.15) is 17.4 Å². The number of ether oxygens (including phenoxy) is 1. The van der Waals surface area contributed by atoms with Crippen molar-refractivity contribution in [3.63, 3.8) is 0 Å². The minimum absolute atomic E-state index is 0.0137. The molecule has 0 unspecified atom stereocenters. The van der Waals surface area contributed by atoms with Gasteiger partial charge in [-0.15, -0.1) is 0 Å². The smallest absolute Gasteiger partial charge is 0.279 e. The van der Waals surface area contributed by atoms with Crippen LogP contribution >= 0.6 is 0 Å².